The van der Waals surface area contributed by atoms with E-state index in [2.05, 4.69) is 4.57 Å². The molecule has 2 aromatic carbocycles. The van der Waals surface area contributed by atoms with Gasteiger partial charge in [0, 0.05) is 23.5 Å². The number of halogens is 2. The molecule has 0 bridgehead atoms. The van der Waals surface area contributed by atoms with Crippen molar-refractivity contribution in [2.24, 2.45) is 0 Å². The predicted octanol–water partition coefficient (Wildman–Crippen LogP) is 4.52. The maximum atomic E-state index is 13.3. The molecule has 2 nitrogen and oxygen atoms in total. The monoisotopic (exact) mass is 287 g/mol. The molecule has 0 spiro atoms. The highest BCUT2D eigenvalue weighted by molar-refractivity contribution is 5.81. The van der Waals surface area contributed by atoms with Gasteiger partial charge in [0.1, 0.15) is 24.0 Å². The summed E-state index contributed by atoms with van der Waals surface area (Å²) in [5.41, 5.74) is 1.90. The number of aryl methyl sites for hydroxylation is 1. The first-order chi connectivity index (χ1) is 10.2. The van der Waals surface area contributed by atoms with E-state index in [0.29, 0.717) is 12.4 Å². The number of fused-ring (bicyclic) bond motifs is 1. The van der Waals surface area contributed by atoms with Crippen LogP contribution in [0.2, 0.25) is 0 Å². The molecule has 4 heteroatoms. The summed E-state index contributed by atoms with van der Waals surface area (Å²) in [5, 5.41) is 0.842. The zero-order valence-electron chi connectivity index (χ0n) is 11.6. The maximum absolute atomic E-state index is 13.3. The van der Waals surface area contributed by atoms with E-state index in [1.165, 1.54) is 24.3 Å². The van der Waals surface area contributed by atoms with E-state index in [1.54, 1.807) is 18.2 Å². The van der Waals surface area contributed by atoms with Gasteiger partial charge in [0.05, 0.1) is 5.69 Å². The fourth-order valence-corrected chi connectivity index (χ4v) is 2.51. The van der Waals surface area contributed by atoms with Crippen LogP contribution in [0.5, 0.6) is 5.75 Å². The number of ether oxygens (including phenoxy) is 1. The molecular weight excluding hydrogens is 272 g/mol. The van der Waals surface area contributed by atoms with Gasteiger partial charge >= 0.3 is 0 Å². The minimum Gasteiger partial charge on any atom is -0.487 e. The van der Waals surface area contributed by atoms with Gasteiger partial charge in [0.2, 0.25) is 0 Å². The van der Waals surface area contributed by atoms with Gasteiger partial charge in [-0.2, -0.15) is 0 Å². The van der Waals surface area contributed by atoms with Crippen LogP contribution < -0.4 is 4.74 Å². The highest BCUT2D eigenvalue weighted by atomic mass is 19.1. The minimum absolute atomic E-state index is 0.256. The lowest BCUT2D eigenvalue weighted by Crippen LogP contribution is -2.04. The van der Waals surface area contributed by atoms with E-state index in [4.69, 9.17) is 4.74 Å². The molecule has 0 saturated heterocycles. The number of hydrogen-bond acceptors (Lipinski definition) is 1. The molecule has 0 aliphatic carbocycles. The molecule has 0 amide bonds. The van der Waals surface area contributed by atoms with Crippen molar-refractivity contribution in [3.05, 3.63) is 65.9 Å². The van der Waals surface area contributed by atoms with Gasteiger partial charge in [-0.3, -0.25) is 0 Å². The maximum Gasteiger partial charge on any atom is 0.128 e. The number of aromatic nitrogens is 1. The fourth-order valence-electron chi connectivity index (χ4n) is 2.51. The van der Waals surface area contributed by atoms with Gasteiger partial charge in [-0.15, -0.1) is 0 Å². The minimum atomic E-state index is -0.328. The van der Waals surface area contributed by atoms with Crippen LogP contribution in [0.25, 0.3) is 10.9 Å². The SMILES string of the molecule is CCn1c(COc2cccc(F)c2)cc2cc(F)ccc21. The predicted molar refractivity (Wildman–Crippen MR) is 78.3 cm³/mol. The average Bonchev–Trinajstić information content (AvgIpc) is 2.81. The number of benzene rings is 2. The Bertz CT molecular complexity index is 780. The lowest BCUT2D eigenvalue weighted by Gasteiger charge is -2.10. The standard InChI is InChI=1S/C17H15F2NO/c1-2-20-15(9-12-8-14(19)6-7-17(12)20)11-21-16-5-3-4-13(18)10-16/h3-10H,2,11H2,1H3. The first kappa shape index (κ1) is 13.6. The van der Waals surface area contributed by atoms with Crippen molar-refractivity contribution < 1.29 is 13.5 Å². The van der Waals surface area contributed by atoms with Crippen molar-refractivity contribution in [2.75, 3.05) is 0 Å². The van der Waals surface area contributed by atoms with Gasteiger partial charge < -0.3 is 9.30 Å². The molecule has 0 fully saturated rings. The molecule has 1 heterocycles. The number of hydrogen-bond donors (Lipinski definition) is 0. The summed E-state index contributed by atoms with van der Waals surface area (Å²) in [6.07, 6.45) is 0. The van der Waals surface area contributed by atoms with Crippen LogP contribution in [-0.4, -0.2) is 4.57 Å². The molecule has 0 radical (unpaired) electrons. The Morgan fingerprint density at radius 2 is 1.81 bits per heavy atom. The Morgan fingerprint density at radius 3 is 2.57 bits per heavy atom. The molecule has 21 heavy (non-hydrogen) atoms. The van der Waals surface area contributed by atoms with Crippen LogP contribution in [0.1, 0.15) is 12.6 Å². The lowest BCUT2D eigenvalue weighted by atomic mass is 10.2. The van der Waals surface area contributed by atoms with Crippen LogP contribution in [-0.2, 0) is 13.2 Å². The van der Waals surface area contributed by atoms with E-state index in [1.807, 2.05) is 13.0 Å². The molecule has 0 aliphatic heterocycles. The quantitative estimate of drug-likeness (QED) is 0.688. The van der Waals surface area contributed by atoms with E-state index in [0.717, 1.165) is 23.1 Å². The highest BCUT2D eigenvalue weighted by Gasteiger charge is 2.09. The van der Waals surface area contributed by atoms with Crippen molar-refractivity contribution in [1.29, 1.82) is 0 Å². The zero-order chi connectivity index (χ0) is 14.8. The molecule has 0 saturated carbocycles. The fraction of sp³-hybridized carbons (Fsp3) is 0.176. The molecule has 0 aliphatic rings. The number of rotatable bonds is 4. The summed E-state index contributed by atoms with van der Waals surface area (Å²) in [7, 11) is 0. The van der Waals surface area contributed by atoms with E-state index in [-0.39, 0.29) is 11.6 Å². The third-order valence-corrected chi connectivity index (χ3v) is 3.45. The smallest absolute Gasteiger partial charge is 0.128 e. The molecule has 108 valence electrons. The van der Waals surface area contributed by atoms with Crippen LogP contribution in [0.15, 0.2) is 48.5 Å². The summed E-state index contributed by atoms with van der Waals surface area (Å²) in [6, 6.07) is 12.7. The Hall–Kier alpha value is -2.36. The molecule has 1 aromatic heterocycles. The summed E-state index contributed by atoms with van der Waals surface area (Å²) < 4.78 is 34.1. The zero-order valence-corrected chi connectivity index (χ0v) is 11.6. The highest BCUT2D eigenvalue weighted by Crippen LogP contribution is 2.22. The first-order valence-electron chi connectivity index (χ1n) is 6.83. The summed E-state index contributed by atoms with van der Waals surface area (Å²) in [6.45, 7) is 3.10. The van der Waals surface area contributed by atoms with E-state index < -0.39 is 0 Å². The molecular formula is C17H15F2NO. The molecule has 3 rings (SSSR count). The Balaban J connectivity index is 1.89. The van der Waals surface area contributed by atoms with Crippen LogP contribution in [0.4, 0.5) is 8.78 Å². The van der Waals surface area contributed by atoms with Crippen molar-refractivity contribution in [2.45, 2.75) is 20.1 Å². The van der Waals surface area contributed by atoms with Crippen molar-refractivity contribution in [1.82, 2.24) is 4.57 Å². The Labute approximate surface area is 121 Å². The second kappa shape index (κ2) is 5.56. The molecule has 3 aromatic rings. The van der Waals surface area contributed by atoms with Crippen molar-refractivity contribution >= 4 is 10.9 Å². The van der Waals surface area contributed by atoms with Crippen LogP contribution in [0.3, 0.4) is 0 Å². The largest absolute Gasteiger partial charge is 0.487 e. The van der Waals surface area contributed by atoms with Gasteiger partial charge in [0.15, 0.2) is 0 Å². The lowest BCUT2D eigenvalue weighted by molar-refractivity contribution is 0.294. The van der Waals surface area contributed by atoms with E-state index in [9.17, 15) is 8.78 Å². The summed E-state index contributed by atoms with van der Waals surface area (Å²) in [4.78, 5) is 0. The Kier molecular flexibility index (Phi) is 3.60. The van der Waals surface area contributed by atoms with Gasteiger partial charge in [-0.25, -0.2) is 8.78 Å². The second-order valence-corrected chi connectivity index (χ2v) is 4.83. The normalized spacial score (nSPS) is 11.0. The van der Waals surface area contributed by atoms with Crippen molar-refractivity contribution in [3.63, 3.8) is 0 Å². The molecule has 0 N–H and O–H groups in total. The summed E-state index contributed by atoms with van der Waals surface area (Å²) >= 11 is 0. The van der Waals surface area contributed by atoms with Gasteiger partial charge in [-0.05, 0) is 43.3 Å². The molecule has 0 unspecified atom stereocenters. The topological polar surface area (TPSA) is 14.2 Å². The van der Waals surface area contributed by atoms with Gasteiger partial charge in [0.25, 0.3) is 0 Å². The average molecular weight is 287 g/mol. The Morgan fingerprint density at radius 1 is 1.00 bits per heavy atom. The van der Waals surface area contributed by atoms with Crippen LogP contribution in [0, 0.1) is 11.6 Å². The van der Waals surface area contributed by atoms with Crippen molar-refractivity contribution in [3.8, 4) is 5.75 Å². The first-order valence-corrected chi connectivity index (χ1v) is 6.83. The van der Waals surface area contributed by atoms with Crippen LogP contribution >= 0.6 is 0 Å². The van der Waals surface area contributed by atoms with E-state index >= 15 is 0 Å². The summed E-state index contributed by atoms with van der Waals surface area (Å²) in [5.74, 6) is -0.104. The van der Waals surface area contributed by atoms with Gasteiger partial charge in [-0.1, -0.05) is 6.07 Å². The third kappa shape index (κ3) is 2.75. The molecule has 0 atom stereocenters. The number of nitrogens with zero attached hydrogens (tertiary/aromatic N) is 1. The second-order valence-electron chi connectivity index (χ2n) is 4.83. The third-order valence-electron chi connectivity index (χ3n) is 3.45.